The van der Waals surface area contributed by atoms with Crippen LogP contribution in [0.2, 0.25) is 0 Å². The standard InChI is InChI=1S/C17H23N3O7S3/c1-2-3-4-5-9-14(17(21)19-22)29(24)20(23)13-11-15(30(25,26)27)28-16(13)12-8-6-7-10-18-12/h6-8,10-11,14,22-23H,2-5,9H2,1H3,(H,19,21)(H,25,26,27). The van der Waals surface area contributed by atoms with Crippen molar-refractivity contribution < 1.29 is 32.4 Å². The van der Waals surface area contributed by atoms with E-state index in [0.29, 0.717) is 17.8 Å². The molecular formula is C17H23N3O7S3. The number of aromatic nitrogens is 1. The number of nitrogens with zero attached hydrogens (tertiary/aromatic N) is 2. The number of carbonyl (C=O) groups is 1. The second-order valence-electron chi connectivity index (χ2n) is 6.33. The Labute approximate surface area is 180 Å². The van der Waals surface area contributed by atoms with Crippen molar-refractivity contribution in [3.05, 3.63) is 30.5 Å². The predicted molar refractivity (Wildman–Crippen MR) is 112 cm³/mol. The van der Waals surface area contributed by atoms with Gasteiger partial charge in [-0.15, -0.1) is 11.3 Å². The molecule has 0 radical (unpaired) electrons. The van der Waals surface area contributed by atoms with Crippen molar-refractivity contribution >= 4 is 44.0 Å². The van der Waals surface area contributed by atoms with Gasteiger partial charge >= 0.3 is 10.1 Å². The van der Waals surface area contributed by atoms with E-state index in [0.717, 1.165) is 25.3 Å². The molecule has 2 heterocycles. The zero-order chi connectivity index (χ0) is 22.3. The van der Waals surface area contributed by atoms with E-state index < -0.39 is 36.5 Å². The molecule has 30 heavy (non-hydrogen) atoms. The summed E-state index contributed by atoms with van der Waals surface area (Å²) in [6.45, 7) is 2.01. The van der Waals surface area contributed by atoms with Crippen molar-refractivity contribution in [2.45, 2.75) is 48.5 Å². The summed E-state index contributed by atoms with van der Waals surface area (Å²) in [5.74, 6) is -0.937. The van der Waals surface area contributed by atoms with Crippen LogP contribution in [0.25, 0.3) is 10.6 Å². The molecule has 2 atom stereocenters. The highest BCUT2D eigenvalue weighted by Gasteiger charge is 2.32. The molecule has 166 valence electrons. The van der Waals surface area contributed by atoms with Gasteiger partial charge in [-0.2, -0.15) is 12.9 Å². The highest BCUT2D eigenvalue weighted by molar-refractivity contribution is 7.88. The fourth-order valence-electron chi connectivity index (χ4n) is 2.68. The Bertz CT molecular complexity index is 980. The number of unbranched alkanes of at least 4 members (excludes halogenated alkanes) is 3. The first-order valence-electron chi connectivity index (χ1n) is 9.07. The Balaban J connectivity index is 2.41. The highest BCUT2D eigenvalue weighted by atomic mass is 32.3. The first-order valence-corrected chi connectivity index (χ1v) is 12.5. The summed E-state index contributed by atoms with van der Waals surface area (Å²) >= 11 is 0.629. The third-order valence-corrected chi connectivity index (χ3v) is 8.11. The van der Waals surface area contributed by atoms with E-state index in [1.807, 2.05) is 6.92 Å². The van der Waals surface area contributed by atoms with E-state index in [1.54, 1.807) is 18.2 Å². The van der Waals surface area contributed by atoms with Crippen LogP contribution in [0.5, 0.6) is 0 Å². The number of pyridine rings is 1. The maximum absolute atomic E-state index is 12.9. The zero-order valence-electron chi connectivity index (χ0n) is 16.1. The fourth-order valence-corrected chi connectivity index (χ4v) is 5.70. The number of nitrogens with one attached hydrogen (secondary N) is 1. The van der Waals surface area contributed by atoms with E-state index in [9.17, 15) is 27.2 Å². The first-order chi connectivity index (χ1) is 14.2. The molecule has 4 N–H and O–H groups in total. The molecule has 2 unspecified atom stereocenters. The van der Waals surface area contributed by atoms with Crippen LogP contribution < -0.4 is 9.95 Å². The average molecular weight is 478 g/mol. The number of hydrogen-bond acceptors (Lipinski definition) is 8. The van der Waals surface area contributed by atoms with Gasteiger partial charge in [0.05, 0.1) is 10.6 Å². The Kier molecular flexibility index (Phi) is 8.88. The van der Waals surface area contributed by atoms with E-state index >= 15 is 0 Å². The largest absolute Gasteiger partial charge is 0.304 e. The maximum atomic E-state index is 12.9. The van der Waals surface area contributed by atoms with Gasteiger partial charge in [0.1, 0.15) is 15.1 Å². The van der Waals surface area contributed by atoms with Gasteiger partial charge in [-0.3, -0.25) is 24.7 Å². The molecule has 0 spiro atoms. The van der Waals surface area contributed by atoms with E-state index in [-0.39, 0.29) is 27.1 Å². The molecule has 2 rings (SSSR count). The average Bonchev–Trinajstić information content (AvgIpc) is 3.19. The van der Waals surface area contributed by atoms with Gasteiger partial charge in [0, 0.05) is 6.20 Å². The molecule has 0 bridgehead atoms. The molecule has 0 fully saturated rings. The molecule has 13 heteroatoms. The fraction of sp³-hybridized carbons (Fsp3) is 0.412. The Morgan fingerprint density at radius 1 is 1.33 bits per heavy atom. The van der Waals surface area contributed by atoms with Gasteiger partial charge in [-0.05, 0) is 24.6 Å². The van der Waals surface area contributed by atoms with Crippen LogP contribution in [-0.4, -0.2) is 43.7 Å². The highest BCUT2D eigenvalue weighted by Crippen LogP contribution is 2.40. The maximum Gasteiger partial charge on any atom is 0.304 e. The molecule has 2 aromatic heterocycles. The van der Waals surface area contributed by atoms with Crippen molar-refractivity contribution in [2.24, 2.45) is 0 Å². The molecule has 0 saturated heterocycles. The molecule has 0 saturated carbocycles. The molecule has 10 nitrogen and oxygen atoms in total. The summed E-state index contributed by atoms with van der Waals surface area (Å²) < 4.78 is 45.3. The van der Waals surface area contributed by atoms with E-state index in [4.69, 9.17) is 5.21 Å². The monoisotopic (exact) mass is 477 g/mol. The topological polar surface area (TPSA) is 157 Å². The predicted octanol–water partition coefficient (Wildman–Crippen LogP) is 2.76. The lowest BCUT2D eigenvalue weighted by Gasteiger charge is -2.21. The van der Waals surface area contributed by atoms with Crippen molar-refractivity contribution in [1.82, 2.24) is 10.5 Å². The van der Waals surface area contributed by atoms with Gasteiger partial charge in [-0.25, -0.2) is 9.69 Å². The Hall–Kier alpha value is -1.90. The minimum Gasteiger partial charge on any atom is -0.289 e. The second-order valence-corrected chi connectivity index (χ2v) is 10.5. The molecular weight excluding hydrogens is 454 g/mol. The Morgan fingerprint density at radius 2 is 2.07 bits per heavy atom. The summed E-state index contributed by atoms with van der Waals surface area (Å²) in [5.41, 5.74) is 1.53. The van der Waals surface area contributed by atoms with Crippen LogP contribution in [-0.2, 0) is 25.9 Å². The molecule has 0 aromatic carbocycles. The minimum atomic E-state index is -4.60. The number of anilines is 1. The second kappa shape index (κ2) is 10.9. The first kappa shape index (κ1) is 24.4. The molecule has 0 aliphatic rings. The van der Waals surface area contributed by atoms with Crippen molar-refractivity contribution in [2.75, 3.05) is 4.47 Å². The smallest absolute Gasteiger partial charge is 0.289 e. The van der Waals surface area contributed by atoms with Crippen LogP contribution in [0.3, 0.4) is 0 Å². The number of rotatable bonds is 11. The van der Waals surface area contributed by atoms with Crippen LogP contribution in [0.1, 0.15) is 39.0 Å². The summed E-state index contributed by atoms with van der Waals surface area (Å²) in [6, 6.07) is 5.76. The van der Waals surface area contributed by atoms with E-state index in [2.05, 4.69) is 4.98 Å². The summed E-state index contributed by atoms with van der Waals surface area (Å²) in [7, 11) is -6.97. The van der Waals surface area contributed by atoms with Gasteiger partial charge < -0.3 is 0 Å². The SMILES string of the molecule is CCCCCCC(C(=O)NO)S(=O)N(O)c1cc(S(=O)(=O)O)sc1-c1ccccn1. The summed E-state index contributed by atoms with van der Waals surface area (Å²) in [6.07, 6.45) is 4.75. The normalized spacial score (nSPS) is 13.6. The summed E-state index contributed by atoms with van der Waals surface area (Å²) in [4.78, 5) is 16.3. The molecule has 1 amide bonds. The van der Waals surface area contributed by atoms with Crippen molar-refractivity contribution in [3.8, 4) is 10.6 Å². The molecule has 0 aliphatic heterocycles. The quantitative estimate of drug-likeness (QED) is 0.166. The minimum absolute atomic E-state index is 0.129. The summed E-state index contributed by atoms with van der Waals surface area (Å²) in [5, 5.41) is 18.3. The van der Waals surface area contributed by atoms with Gasteiger partial charge in [0.15, 0.2) is 11.0 Å². The number of thiophene rings is 1. The number of carbonyl (C=O) groups excluding carboxylic acids is 1. The van der Waals surface area contributed by atoms with E-state index in [1.165, 1.54) is 11.7 Å². The van der Waals surface area contributed by atoms with Crippen LogP contribution in [0, 0.1) is 0 Å². The lowest BCUT2D eigenvalue weighted by atomic mass is 10.1. The molecule has 2 aromatic rings. The molecule has 0 aliphatic carbocycles. The zero-order valence-corrected chi connectivity index (χ0v) is 18.5. The third-order valence-electron chi connectivity index (χ3n) is 4.18. The van der Waals surface area contributed by atoms with Gasteiger partial charge in [0.2, 0.25) is 0 Å². The van der Waals surface area contributed by atoms with Crippen molar-refractivity contribution in [1.29, 1.82) is 0 Å². The van der Waals surface area contributed by atoms with Crippen LogP contribution in [0.4, 0.5) is 5.69 Å². The van der Waals surface area contributed by atoms with Crippen LogP contribution in [0.15, 0.2) is 34.7 Å². The van der Waals surface area contributed by atoms with Crippen LogP contribution >= 0.6 is 11.3 Å². The number of hydrogen-bond donors (Lipinski definition) is 4. The number of hydroxylamine groups is 1. The van der Waals surface area contributed by atoms with Gasteiger partial charge in [0.25, 0.3) is 5.91 Å². The van der Waals surface area contributed by atoms with Gasteiger partial charge in [-0.1, -0.05) is 38.7 Å². The lowest BCUT2D eigenvalue weighted by molar-refractivity contribution is -0.128. The van der Waals surface area contributed by atoms with Crippen molar-refractivity contribution in [3.63, 3.8) is 0 Å². The third kappa shape index (κ3) is 6.06. The lowest BCUT2D eigenvalue weighted by Crippen LogP contribution is -2.41. The Morgan fingerprint density at radius 3 is 2.63 bits per heavy atom. The number of amides is 1.